The van der Waals surface area contributed by atoms with Crippen molar-refractivity contribution >= 4 is 23.2 Å². The summed E-state index contributed by atoms with van der Waals surface area (Å²) in [5.41, 5.74) is 5.03. The van der Waals surface area contributed by atoms with Gasteiger partial charge >= 0.3 is 0 Å². The van der Waals surface area contributed by atoms with Gasteiger partial charge in [-0.2, -0.15) is 0 Å². The second-order valence-electron chi connectivity index (χ2n) is 13.3. The molecule has 0 saturated heterocycles. The highest BCUT2D eigenvalue weighted by Gasteiger charge is 2.49. The quantitative estimate of drug-likeness (QED) is 0.279. The van der Waals surface area contributed by atoms with Gasteiger partial charge in [0.1, 0.15) is 6.61 Å². The maximum atomic E-state index is 14.0. The number of hydrogen-bond donors (Lipinski definition) is 0. The number of rotatable bonds is 9. The van der Waals surface area contributed by atoms with Crippen LogP contribution in [0.4, 0.5) is 0 Å². The van der Waals surface area contributed by atoms with E-state index >= 15 is 0 Å². The molecule has 0 atom stereocenters. The Morgan fingerprint density at radius 2 is 1.48 bits per heavy atom. The molecule has 3 aliphatic rings. The summed E-state index contributed by atoms with van der Waals surface area (Å²) in [6, 6.07) is 13.4. The molecule has 0 aromatic heterocycles. The van der Waals surface area contributed by atoms with Gasteiger partial charge in [0.25, 0.3) is 0 Å². The predicted molar refractivity (Wildman–Crippen MR) is 165 cm³/mol. The molecule has 0 N–H and O–H groups in total. The molecule has 5 rings (SSSR count). The lowest BCUT2D eigenvalue weighted by Crippen LogP contribution is -2.44. The number of halogens is 1. The Labute approximate surface area is 254 Å². The molecule has 2 aromatic carbocycles. The van der Waals surface area contributed by atoms with E-state index in [2.05, 4.69) is 32.6 Å². The van der Waals surface area contributed by atoms with Crippen molar-refractivity contribution in [3.63, 3.8) is 0 Å². The van der Waals surface area contributed by atoms with Gasteiger partial charge in [0.2, 0.25) is 0 Å². The fraction of sp³-hybridized carbons (Fsp3) is 0.486. The minimum atomic E-state index is -0.438. The van der Waals surface area contributed by atoms with E-state index in [0.717, 1.165) is 52.9 Å². The molecule has 0 fully saturated rings. The van der Waals surface area contributed by atoms with Crippen LogP contribution in [0.1, 0.15) is 76.8 Å². The largest absolute Gasteiger partial charge is 0.493 e. The molecule has 0 unspecified atom stereocenters. The number of Topliss-reactive ketones (excluding diaryl/α,β-unsaturated/α-hetero) is 2. The van der Waals surface area contributed by atoms with Crippen molar-refractivity contribution in [2.24, 2.45) is 10.8 Å². The highest BCUT2D eigenvalue weighted by Crippen LogP contribution is 2.55. The van der Waals surface area contributed by atoms with Crippen LogP contribution in [-0.2, 0) is 20.9 Å². The average Bonchev–Trinajstić information content (AvgIpc) is 2.91. The maximum Gasteiger partial charge on any atom is 0.162 e. The Kier molecular flexibility index (Phi) is 8.60. The molecule has 224 valence electrons. The van der Waals surface area contributed by atoms with Crippen LogP contribution in [0.25, 0.3) is 0 Å². The minimum Gasteiger partial charge on any atom is -0.493 e. The zero-order valence-corrected chi connectivity index (χ0v) is 26.4. The van der Waals surface area contributed by atoms with E-state index < -0.39 is 5.92 Å². The highest BCUT2D eigenvalue weighted by molar-refractivity contribution is 6.31. The monoisotopic (exact) mass is 591 g/mol. The maximum absolute atomic E-state index is 14.0. The number of ether oxygens (including phenoxy) is 3. The molecular formula is C35H42ClNO5. The number of allylic oxidation sites excluding steroid dienone is 4. The minimum absolute atomic E-state index is 0.116. The van der Waals surface area contributed by atoms with E-state index in [0.29, 0.717) is 49.1 Å². The zero-order chi connectivity index (χ0) is 30.2. The number of nitrogens with zero attached hydrogens (tertiary/aromatic N) is 1. The number of ketones is 2. The van der Waals surface area contributed by atoms with Gasteiger partial charge in [0.15, 0.2) is 23.1 Å². The third-order valence-corrected chi connectivity index (χ3v) is 8.98. The Hall–Kier alpha value is -3.09. The Bertz CT molecular complexity index is 1400. The summed E-state index contributed by atoms with van der Waals surface area (Å²) in [6.45, 7) is 10.3. The van der Waals surface area contributed by atoms with E-state index in [-0.39, 0.29) is 22.4 Å². The van der Waals surface area contributed by atoms with Gasteiger partial charge in [-0.15, -0.1) is 0 Å². The predicted octanol–water partition coefficient (Wildman–Crippen LogP) is 7.65. The van der Waals surface area contributed by atoms with Crippen LogP contribution < -0.4 is 9.47 Å². The molecule has 6 nitrogen and oxygen atoms in total. The summed E-state index contributed by atoms with van der Waals surface area (Å²) in [5, 5.41) is 0.641. The third-order valence-electron chi connectivity index (χ3n) is 8.61. The number of hydrogen-bond acceptors (Lipinski definition) is 6. The molecule has 1 aliphatic heterocycles. The van der Waals surface area contributed by atoms with Crippen LogP contribution in [0.15, 0.2) is 65.0 Å². The third kappa shape index (κ3) is 6.02. The zero-order valence-electron chi connectivity index (χ0n) is 25.6. The molecule has 42 heavy (non-hydrogen) atoms. The smallest absolute Gasteiger partial charge is 0.162 e. The standard InChI is InChI=1S/C35H42ClNO5/c1-34(2)17-25-32(27(38)19-34)31(33-26(37(25)14-9-15-40-5)18-35(3,4)20-28(33)39)22-12-13-29(30(16-22)41-6)42-21-23-10-7-8-11-24(23)36/h7-8,10-13,16,31H,9,14-15,17-21H2,1-6H3. The fourth-order valence-corrected chi connectivity index (χ4v) is 6.96. The van der Waals surface area contributed by atoms with E-state index in [1.165, 1.54) is 0 Å². The topological polar surface area (TPSA) is 65.1 Å². The molecular weight excluding hydrogens is 550 g/mol. The first kappa shape index (κ1) is 30.4. The van der Waals surface area contributed by atoms with Gasteiger partial charge in [0.05, 0.1) is 7.11 Å². The molecule has 2 aromatic rings. The molecule has 0 saturated carbocycles. The van der Waals surface area contributed by atoms with Gasteiger partial charge in [-0.25, -0.2) is 0 Å². The van der Waals surface area contributed by atoms with E-state index in [1.54, 1.807) is 14.2 Å². The Morgan fingerprint density at radius 3 is 2.05 bits per heavy atom. The van der Waals surface area contributed by atoms with Gasteiger partial charge in [-0.3, -0.25) is 9.59 Å². The fourth-order valence-electron chi connectivity index (χ4n) is 6.77. The summed E-state index contributed by atoms with van der Waals surface area (Å²) in [5.74, 6) is 0.926. The molecule has 2 aliphatic carbocycles. The molecule has 1 heterocycles. The van der Waals surface area contributed by atoms with Crippen molar-refractivity contribution in [1.29, 1.82) is 0 Å². The number of methoxy groups -OCH3 is 2. The Balaban J connectivity index is 1.61. The molecule has 0 spiro atoms. The van der Waals surface area contributed by atoms with E-state index in [9.17, 15) is 9.59 Å². The number of carbonyl (C=O) groups excluding carboxylic acids is 2. The van der Waals surface area contributed by atoms with Crippen molar-refractivity contribution in [2.75, 3.05) is 27.4 Å². The van der Waals surface area contributed by atoms with Gasteiger partial charge in [0, 0.05) is 72.1 Å². The van der Waals surface area contributed by atoms with E-state index in [4.69, 9.17) is 25.8 Å². The van der Waals surface area contributed by atoms with E-state index in [1.807, 2.05) is 42.5 Å². The van der Waals surface area contributed by atoms with Crippen LogP contribution in [-0.4, -0.2) is 43.8 Å². The van der Waals surface area contributed by atoms with Gasteiger partial charge in [-0.05, 0) is 53.9 Å². The van der Waals surface area contributed by atoms with Crippen molar-refractivity contribution in [3.8, 4) is 11.5 Å². The molecule has 0 amide bonds. The molecule has 0 radical (unpaired) electrons. The van der Waals surface area contributed by atoms with Crippen LogP contribution in [0.2, 0.25) is 5.02 Å². The first-order valence-corrected chi connectivity index (χ1v) is 15.2. The van der Waals surface area contributed by atoms with Crippen LogP contribution in [0.3, 0.4) is 0 Å². The lowest BCUT2D eigenvalue weighted by atomic mass is 9.63. The lowest BCUT2D eigenvalue weighted by molar-refractivity contribution is -0.119. The normalized spacial score (nSPS) is 20.0. The highest BCUT2D eigenvalue weighted by atomic mass is 35.5. The second-order valence-corrected chi connectivity index (χ2v) is 13.7. The van der Waals surface area contributed by atoms with Gasteiger partial charge in [-0.1, -0.05) is 63.6 Å². The van der Waals surface area contributed by atoms with Crippen LogP contribution in [0.5, 0.6) is 11.5 Å². The SMILES string of the molecule is COCCCN1C2=C(C(=O)CC(C)(C)C2)C(c2ccc(OCc3ccccc3Cl)c(OC)c2)C2=C1CC(C)(C)CC2=O. The second kappa shape index (κ2) is 11.9. The lowest BCUT2D eigenvalue weighted by Gasteiger charge is -2.49. The summed E-state index contributed by atoms with van der Waals surface area (Å²) < 4.78 is 17.3. The van der Waals surface area contributed by atoms with Crippen molar-refractivity contribution in [1.82, 2.24) is 4.90 Å². The van der Waals surface area contributed by atoms with Crippen molar-refractivity contribution in [3.05, 3.63) is 81.2 Å². The summed E-state index contributed by atoms with van der Waals surface area (Å²) in [6.07, 6.45) is 3.26. The van der Waals surface area contributed by atoms with Gasteiger partial charge < -0.3 is 19.1 Å². The molecule has 7 heteroatoms. The van der Waals surface area contributed by atoms with Crippen LogP contribution in [0, 0.1) is 10.8 Å². The van der Waals surface area contributed by atoms with Crippen molar-refractivity contribution < 1.29 is 23.8 Å². The van der Waals surface area contributed by atoms with Crippen molar-refractivity contribution in [2.45, 2.75) is 72.3 Å². The summed E-state index contributed by atoms with van der Waals surface area (Å²) in [4.78, 5) is 30.3. The first-order chi connectivity index (χ1) is 19.9. The Morgan fingerprint density at radius 1 is 0.857 bits per heavy atom. The number of benzene rings is 2. The summed E-state index contributed by atoms with van der Waals surface area (Å²) in [7, 11) is 3.31. The number of carbonyl (C=O) groups is 2. The summed E-state index contributed by atoms with van der Waals surface area (Å²) >= 11 is 6.34. The van der Waals surface area contributed by atoms with Crippen LogP contribution >= 0.6 is 11.6 Å². The average molecular weight is 592 g/mol. The first-order valence-electron chi connectivity index (χ1n) is 14.8. The molecule has 0 bridgehead atoms.